The monoisotopic (exact) mass is 272 g/mol. The molecule has 2 nitrogen and oxygen atoms in total. The van der Waals surface area contributed by atoms with Gasteiger partial charge in [0.15, 0.2) is 12.4 Å². The number of pyridine rings is 2. The number of hydrogen-bond acceptors (Lipinski definition) is 0. The minimum atomic E-state index is 0.817. The molecule has 1 aliphatic heterocycles. The largest absolute Gasteiger partial charge is 0.344 e. The number of benzene rings is 1. The average Bonchev–Trinajstić information content (AvgIpc) is 2.69. The Morgan fingerprint density at radius 3 is 2.29 bits per heavy atom. The fourth-order valence-electron chi connectivity index (χ4n) is 3.07. The van der Waals surface area contributed by atoms with E-state index in [4.69, 9.17) is 0 Å². The van der Waals surface area contributed by atoms with Crippen LogP contribution in [-0.4, -0.2) is 0 Å². The average molecular weight is 272 g/mol. The van der Waals surface area contributed by atoms with Crippen LogP contribution < -0.4 is 9.13 Å². The molecule has 1 aliphatic rings. The highest BCUT2D eigenvalue weighted by Gasteiger charge is 2.29. The van der Waals surface area contributed by atoms with Crippen molar-refractivity contribution >= 4 is 6.08 Å². The molecule has 0 N–H and O–H groups in total. The maximum absolute atomic E-state index is 3.98. The third-order valence-corrected chi connectivity index (χ3v) is 4.03. The topological polar surface area (TPSA) is 7.76 Å². The highest BCUT2D eigenvalue weighted by atomic mass is 15.2. The smallest absolute Gasteiger partial charge is 0.139 e. The van der Waals surface area contributed by atoms with E-state index in [0.29, 0.717) is 0 Å². The standard InChI is InChI=1S/C19H16N2/c1-2-15-8-7-9-16-17-10-3-5-12-20(17)14-21-13-6-4-11-18(21)19(15)16/h2-13H,1,14H2/q+2. The predicted octanol–water partition coefficient (Wildman–Crippen LogP) is 3.06. The summed E-state index contributed by atoms with van der Waals surface area (Å²) in [6.45, 7) is 4.80. The van der Waals surface area contributed by atoms with Crippen molar-refractivity contribution in [3.63, 3.8) is 0 Å². The number of rotatable bonds is 1. The van der Waals surface area contributed by atoms with Crippen molar-refractivity contribution in [1.29, 1.82) is 0 Å². The molecule has 3 heterocycles. The normalized spacial score (nSPS) is 11.8. The third kappa shape index (κ3) is 1.80. The van der Waals surface area contributed by atoms with Gasteiger partial charge < -0.3 is 0 Å². The summed E-state index contributed by atoms with van der Waals surface area (Å²) in [6.07, 6.45) is 6.21. The van der Waals surface area contributed by atoms with Gasteiger partial charge in [0.25, 0.3) is 0 Å². The van der Waals surface area contributed by atoms with E-state index in [0.717, 1.165) is 6.67 Å². The first-order chi connectivity index (χ1) is 10.4. The molecule has 2 heteroatoms. The van der Waals surface area contributed by atoms with E-state index < -0.39 is 0 Å². The Hall–Kier alpha value is -2.74. The van der Waals surface area contributed by atoms with Crippen molar-refractivity contribution in [3.8, 4) is 22.5 Å². The molecule has 100 valence electrons. The molecule has 0 saturated carbocycles. The van der Waals surface area contributed by atoms with E-state index in [1.54, 1.807) is 0 Å². The number of nitrogens with zero attached hydrogens (tertiary/aromatic N) is 2. The molecule has 3 aromatic rings. The maximum atomic E-state index is 3.98. The molecule has 4 rings (SSSR count). The SMILES string of the molecule is C=Cc1cccc2c1-c1cccc[n+]1C[n+]1ccccc1-2. The molecule has 2 aromatic heterocycles. The molecule has 0 amide bonds. The van der Waals surface area contributed by atoms with Gasteiger partial charge in [-0.15, -0.1) is 9.13 Å². The van der Waals surface area contributed by atoms with Gasteiger partial charge in [-0.2, -0.15) is 0 Å². The van der Waals surface area contributed by atoms with Gasteiger partial charge in [0.1, 0.15) is 0 Å². The van der Waals surface area contributed by atoms with E-state index >= 15 is 0 Å². The minimum absolute atomic E-state index is 0.817. The summed E-state index contributed by atoms with van der Waals surface area (Å²) in [5, 5.41) is 0. The van der Waals surface area contributed by atoms with Crippen LogP contribution in [0.15, 0.2) is 73.6 Å². The Morgan fingerprint density at radius 1 is 0.810 bits per heavy atom. The van der Waals surface area contributed by atoms with E-state index in [1.165, 1.54) is 28.1 Å². The zero-order valence-corrected chi connectivity index (χ0v) is 11.7. The molecule has 0 aliphatic carbocycles. The van der Waals surface area contributed by atoms with Gasteiger partial charge in [0.05, 0.1) is 11.1 Å². The summed E-state index contributed by atoms with van der Waals surface area (Å²) in [7, 11) is 0. The van der Waals surface area contributed by atoms with Gasteiger partial charge in [-0.05, 0) is 23.8 Å². The van der Waals surface area contributed by atoms with Crippen molar-refractivity contribution in [2.75, 3.05) is 0 Å². The van der Waals surface area contributed by atoms with E-state index in [9.17, 15) is 0 Å². The fraction of sp³-hybridized carbons (Fsp3) is 0.0526. The molecule has 1 aromatic carbocycles. The maximum Gasteiger partial charge on any atom is 0.344 e. The second kappa shape index (κ2) is 4.67. The van der Waals surface area contributed by atoms with Gasteiger partial charge in [-0.25, -0.2) is 0 Å². The summed E-state index contributed by atoms with van der Waals surface area (Å²) in [4.78, 5) is 0. The van der Waals surface area contributed by atoms with Crippen molar-refractivity contribution in [2.45, 2.75) is 6.67 Å². The molecule has 0 saturated heterocycles. The van der Waals surface area contributed by atoms with E-state index in [1.807, 2.05) is 6.08 Å². The van der Waals surface area contributed by atoms with Crippen LogP contribution >= 0.6 is 0 Å². The number of aromatic nitrogens is 2. The van der Waals surface area contributed by atoms with Gasteiger partial charge in [0, 0.05) is 24.3 Å². The van der Waals surface area contributed by atoms with E-state index in [2.05, 4.69) is 82.7 Å². The highest BCUT2D eigenvalue weighted by molar-refractivity contribution is 5.85. The van der Waals surface area contributed by atoms with Gasteiger partial charge >= 0.3 is 6.67 Å². The number of hydrogen-bond donors (Lipinski definition) is 0. The number of fused-ring (bicyclic) bond motifs is 5. The second-order valence-electron chi connectivity index (χ2n) is 5.23. The lowest BCUT2D eigenvalue weighted by atomic mass is 9.95. The quantitative estimate of drug-likeness (QED) is 0.471. The predicted molar refractivity (Wildman–Crippen MR) is 83.2 cm³/mol. The summed E-state index contributed by atoms with van der Waals surface area (Å²) in [5.41, 5.74) is 6.15. The summed E-state index contributed by atoms with van der Waals surface area (Å²) >= 11 is 0. The van der Waals surface area contributed by atoms with Crippen molar-refractivity contribution < 1.29 is 9.13 Å². The zero-order valence-electron chi connectivity index (χ0n) is 11.7. The van der Waals surface area contributed by atoms with Crippen LogP contribution in [-0.2, 0) is 6.67 Å². The summed E-state index contributed by atoms with van der Waals surface area (Å²) in [6, 6.07) is 19.1. The fourth-order valence-corrected chi connectivity index (χ4v) is 3.07. The Morgan fingerprint density at radius 2 is 1.52 bits per heavy atom. The molecule has 0 fully saturated rings. The first-order valence-electron chi connectivity index (χ1n) is 7.11. The Balaban J connectivity index is 2.17. The lowest BCUT2D eigenvalue weighted by Crippen LogP contribution is -2.52. The van der Waals surface area contributed by atoms with Gasteiger partial charge in [-0.3, -0.25) is 0 Å². The molecular formula is C19H16N2+2. The Labute approximate surface area is 124 Å². The highest BCUT2D eigenvalue weighted by Crippen LogP contribution is 2.33. The minimum Gasteiger partial charge on any atom is -0.139 e. The first kappa shape index (κ1) is 12.0. The van der Waals surface area contributed by atoms with Crippen LogP contribution in [0.5, 0.6) is 0 Å². The second-order valence-corrected chi connectivity index (χ2v) is 5.23. The zero-order chi connectivity index (χ0) is 14.2. The van der Waals surface area contributed by atoms with Crippen LogP contribution in [0.4, 0.5) is 0 Å². The van der Waals surface area contributed by atoms with Crippen molar-refractivity contribution in [3.05, 3.63) is 79.1 Å². The Bertz CT molecular complexity index is 850. The van der Waals surface area contributed by atoms with Crippen LogP contribution in [0, 0.1) is 0 Å². The Kier molecular flexibility index (Phi) is 2.68. The lowest BCUT2D eigenvalue weighted by molar-refractivity contribution is -0.902. The van der Waals surface area contributed by atoms with E-state index in [-0.39, 0.29) is 0 Å². The van der Waals surface area contributed by atoms with Crippen LogP contribution in [0.1, 0.15) is 5.56 Å². The lowest BCUT2D eigenvalue weighted by Gasteiger charge is -2.06. The molecule has 0 bridgehead atoms. The molecule has 0 radical (unpaired) electrons. The molecule has 0 atom stereocenters. The van der Waals surface area contributed by atoms with Gasteiger partial charge in [-0.1, -0.05) is 24.8 Å². The molecular weight excluding hydrogens is 256 g/mol. The van der Waals surface area contributed by atoms with Crippen LogP contribution in [0.2, 0.25) is 0 Å². The molecule has 0 unspecified atom stereocenters. The van der Waals surface area contributed by atoms with Gasteiger partial charge in [0.2, 0.25) is 11.4 Å². The van der Waals surface area contributed by atoms with Crippen molar-refractivity contribution in [1.82, 2.24) is 0 Å². The molecule has 21 heavy (non-hydrogen) atoms. The summed E-state index contributed by atoms with van der Waals surface area (Å²) in [5.74, 6) is 0. The molecule has 0 spiro atoms. The summed E-state index contributed by atoms with van der Waals surface area (Å²) < 4.78 is 4.56. The first-order valence-corrected chi connectivity index (χ1v) is 7.11. The third-order valence-electron chi connectivity index (χ3n) is 4.03. The van der Waals surface area contributed by atoms with Crippen LogP contribution in [0.3, 0.4) is 0 Å². The van der Waals surface area contributed by atoms with Crippen molar-refractivity contribution in [2.24, 2.45) is 0 Å². The van der Waals surface area contributed by atoms with Crippen LogP contribution in [0.25, 0.3) is 28.6 Å².